The van der Waals surface area contributed by atoms with Crippen molar-refractivity contribution in [2.75, 3.05) is 0 Å². The van der Waals surface area contributed by atoms with E-state index in [-0.39, 0.29) is 19.8 Å². The highest BCUT2D eigenvalue weighted by Crippen LogP contribution is 2.17. The quantitative estimate of drug-likeness (QED) is 0.264. The SMILES string of the molecule is O=C(CC(O)C(C(=O)OCc1ccccc1)C(=O)OCc1ccccc1)OCc1ccccc1. The number of esters is 3. The Bertz CT molecular complexity index is 997. The predicted octanol–water partition coefficient (Wildman–Crippen LogP) is 3.58. The molecule has 1 N–H and O–H groups in total. The number of hydrogen-bond donors (Lipinski definition) is 1. The molecule has 0 spiro atoms. The van der Waals surface area contributed by atoms with Crippen LogP contribution in [0.4, 0.5) is 0 Å². The minimum absolute atomic E-state index is 0.00790. The third-order valence-corrected chi connectivity index (χ3v) is 4.96. The van der Waals surface area contributed by atoms with E-state index in [1.165, 1.54) is 0 Å². The maximum absolute atomic E-state index is 12.7. The molecular weight excluding hydrogens is 436 g/mol. The lowest BCUT2D eigenvalue weighted by molar-refractivity contribution is -0.170. The zero-order valence-electron chi connectivity index (χ0n) is 18.5. The molecule has 3 aromatic rings. The van der Waals surface area contributed by atoms with E-state index in [9.17, 15) is 19.5 Å². The van der Waals surface area contributed by atoms with Crippen LogP contribution in [0.5, 0.6) is 0 Å². The second-order valence-electron chi connectivity index (χ2n) is 7.58. The monoisotopic (exact) mass is 462 g/mol. The van der Waals surface area contributed by atoms with Gasteiger partial charge in [0.2, 0.25) is 0 Å². The van der Waals surface area contributed by atoms with E-state index in [4.69, 9.17) is 14.2 Å². The van der Waals surface area contributed by atoms with Crippen molar-refractivity contribution < 1.29 is 33.7 Å². The predicted molar refractivity (Wildman–Crippen MR) is 123 cm³/mol. The summed E-state index contributed by atoms with van der Waals surface area (Å²) in [5, 5.41) is 10.6. The second-order valence-corrected chi connectivity index (χ2v) is 7.58. The van der Waals surface area contributed by atoms with Crippen LogP contribution >= 0.6 is 0 Å². The molecule has 0 saturated carbocycles. The van der Waals surface area contributed by atoms with E-state index in [0.29, 0.717) is 11.1 Å². The lowest BCUT2D eigenvalue weighted by atomic mass is 10.00. The van der Waals surface area contributed by atoms with Crippen LogP contribution in [0, 0.1) is 5.92 Å². The van der Waals surface area contributed by atoms with Gasteiger partial charge in [-0.15, -0.1) is 0 Å². The van der Waals surface area contributed by atoms with Crippen LogP contribution in [0.2, 0.25) is 0 Å². The normalized spacial score (nSPS) is 11.5. The van der Waals surface area contributed by atoms with Crippen molar-refractivity contribution in [3.8, 4) is 0 Å². The van der Waals surface area contributed by atoms with E-state index in [1.807, 2.05) is 18.2 Å². The van der Waals surface area contributed by atoms with Crippen LogP contribution in [0.1, 0.15) is 23.1 Å². The molecule has 3 rings (SSSR count). The number of carbonyl (C=O) groups excluding carboxylic acids is 3. The molecule has 0 radical (unpaired) electrons. The van der Waals surface area contributed by atoms with Crippen molar-refractivity contribution in [1.29, 1.82) is 0 Å². The van der Waals surface area contributed by atoms with Crippen LogP contribution in [0.3, 0.4) is 0 Å². The highest BCUT2D eigenvalue weighted by atomic mass is 16.6. The first-order chi connectivity index (χ1) is 16.5. The van der Waals surface area contributed by atoms with Gasteiger partial charge in [0.1, 0.15) is 19.8 Å². The third-order valence-electron chi connectivity index (χ3n) is 4.96. The van der Waals surface area contributed by atoms with E-state index in [0.717, 1.165) is 5.56 Å². The van der Waals surface area contributed by atoms with Gasteiger partial charge in [0.25, 0.3) is 0 Å². The number of aliphatic hydroxyl groups excluding tert-OH is 1. The second kappa shape index (κ2) is 12.9. The van der Waals surface area contributed by atoms with Crippen molar-refractivity contribution in [2.45, 2.75) is 32.3 Å². The van der Waals surface area contributed by atoms with Gasteiger partial charge in [0.15, 0.2) is 5.92 Å². The summed E-state index contributed by atoms with van der Waals surface area (Å²) in [7, 11) is 0. The number of aliphatic hydroxyl groups is 1. The molecule has 176 valence electrons. The molecule has 0 saturated heterocycles. The topological polar surface area (TPSA) is 99.1 Å². The van der Waals surface area contributed by atoms with Gasteiger partial charge < -0.3 is 19.3 Å². The van der Waals surface area contributed by atoms with Crippen LogP contribution in [-0.4, -0.2) is 29.1 Å². The average molecular weight is 462 g/mol. The van der Waals surface area contributed by atoms with E-state index in [1.54, 1.807) is 72.8 Å². The molecule has 7 heteroatoms. The van der Waals surface area contributed by atoms with Gasteiger partial charge in [-0.2, -0.15) is 0 Å². The molecule has 0 aliphatic carbocycles. The van der Waals surface area contributed by atoms with Crippen molar-refractivity contribution >= 4 is 17.9 Å². The fourth-order valence-electron chi connectivity index (χ4n) is 3.13. The minimum Gasteiger partial charge on any atom is -0.461 e. The molecule has 0 bridgehead atoms. The Morgan fingerprint density at radius 1 is 0.588 bits per heavy atom. The summed E-state index contributed by atoms with van der Waals surface area (Å²) in [5.41, 5.74) is 2.19. The molecule has 34 heavy (non-hydrogen) atoms. The maximum Gasteiger partial charge on any atom is 0.323 e. The lowest BCUT2D eigenvalue weighted by Crippen LogP contribution is -2.39. The van der Waals surface area contributed by atoms with Crippen LogP contribution in [-0.2, 0) is 48.4 Å². The highest BCUT2D eigenvalue weighted by molar-refractivity contribution is 5.96. The molecule has 0 amide bonds. The third kappa shape index (κ3) is 7.86. The van der Waals surface area contributed by atoms with Gasteiger partial charge in [-0.05, 0) is 16.7 Å². The zero-order chi connectivity index (χ0) is 24.2. The molecule has 0 aliphatic rings. The van der Waals surface area contributed by atoms with E-state index in [2.05, 4.69) is 0 Å². The molecule has 1 unspecified atom stereocenters. The lowest BCUT2D eigenvalue weighted by Gasteiger charge is -2.20. The first kappa shape index (κ1) is 24.7. The van der Waals surface area contributed by atoms with E-state index >= 15 is 0 Å². The fourth-order valence-corrected chi connectivity index (χ4v) is 3.13. The van der Waals surface area contributed by atoms with Crippen molar-refractivity contribution in [1.82, 2.24) is 0 Å². The van der Waals surface area contributed by atoms with E-state index < -0.39 is 36.4 Å². The van der Waals surface area contributed by atoms with Gasteiger partial charge in [-0.3, -0.25) is 14.4 Å². The summed E-state index contributed by atoms with van der Waals surface area (Å²) in [4.78, 5) is 37.7. The molecule has 0 fully saturated rings. The summed E-state index contributed by atoms with van der Waals surface area (Å²) in [5.74, 6) is -4.42. The van der Waals surface area contributed by atoms with Gasteiger partial charge >= 0.3 is 17.9 Å². The Labute approximate surface area is 197 Å². The van der Waals surface area contributed by atoms with Crippen molar-refractivity contribution in [2.24, 2.45) is 5.92 Å². The number of carbonyl (C=O) groups is 3. The number of rotatable bonds is 11. The van der Waals surface area contributed by atoms with Crippen LogP contribution < -0.4 is 0 Å². The fraction of sp³-hybridized carbons (Fsp3) is 0.222. The van der Waals surface area contributed by atoms with Gasteiger partial charge in [-0.25, -0.2) is 0 Å². The number of ether oxygens (including phenoxy) is 3. The first-order valence-electron chi connectivity index (χ1n) is 10.8. The molecule has 1 atom stereocenters. The number of benzene rings is 3. The molecule has 0 heterocycles. The molecule has 0 aliphatic heterocycles. The van der Waals surface area contributed by atoms with Crippen molar-refractivity contribution in [3.05, 3.63) is 108 Å². The Kier molecular flexibility index (Phi) is 9.37. The first-order valence-corrected chi connectivity index (χ1v) is 10.8. The molecule has 3 aromatic carbocycles. The Morgan fingerprint density at radius 2 is 0.941 bits per heavy atom. The summed E-state index contributed by atoms with van der Waals surface area (Å²) in [6, 6.07) is 26.8. The van der Waals surface area contributed by atoms with Crippen LogP contribution in [0.25, 0.3) is 0 Å². The smallest absolute Gasteiger partial charge is 0.323 e. The Balaban J connectivity index is 1.62. The maximum atomic E-state index is 12.7. The summed E-state index contributed by atoms with van der Waals surface area (Å²) >= 11 is 0. The average Bonchev–Trinajstić information content (AvgIpc) is 2.87. The van der Waals surface area contributed by atoms with Crippen LogP contribution in [0.15, 0.2) is 91.0 Å². The Hall–Kier alpha value is -3.97. The summed E-state index contributed by atoms with van der Waals surface area (Å²) in [6.45, 7) is -0.172. The van der Waals surface area contributed by atoms with Gasteiger partial charge in [0.05, 0.1) is 12.5 Å². The minimum atomic E-state index is -1.70. The molecular formula is C27H26O7. The molecule has 7 nitrogen and oxygen atoms in total. The number of hydrogen-bond acceptors (Lipinski definition) is 7. The summed E-state index contributed by atoms with van der Waals surface area (Å²) < 4.78 is 15.7. The summed E-state index contributed by atoms with van der Waals surface area (Å²) in [6.07, 6.45) is -2.24. The van der Waals surface area contributed by atoms with Gasteiger partial charge in [-0.1, -0.05) is 91.0 Å². The Morgan fingerprint density at radius 3 is 1.32 bits per heavy atom. The molecule has 0 aromatic heterocycles. The van der Waals surface area contributed by atoms with Crippen molar-refractivity contribution in [3.63, 3.8) is 0 Å². The zero-order valence-corrected chi connectivity index (χ0v) is 18.5. The standard InChI is InChI=1S/C27H26O7/c28-23(16-24(29)32-17-20-10-4-1-5-11-20)25(26(30)33-18-21-12-6-2-7-13-21)27(31)34-19-22-14-8-3-9-15-22/h1-15,23,25,28H,16-19H2. The largest absolute Gasteiger partial charge is 0.461 e. The highest BCUT2D eigenvalue weighted by Gasteiger charge is 2.38. The van der Waals surface area contributed by atoms with Gasteiger partial charge in [0, 0.05) is 0 Å².